The predicted octanol–water partition coefficient (Wildman–Crippen LogP) is 4.82. The third-order valence-electron chi connectivity index (χ3n) is 3.20. The number of halogens is 2. The van der Waals surface area contributed by atoms with Crippen LogP contribution in [0.1, 0.15) is 37.9 Å². The average molecular weight is 433 g/mol. The zero-order valence-electron chi connectivity index (χ0n) is 12.9. The Morgan fingerprint density at radius 2 is 1.86 bits per heavy atom. The van der Waals surface area contributed by atoms with Crippen LogP contribution in [0.15, 0.2) is 27.2 Å². The number of carbonyl (C=O) groups excluding carboxylic acids is 1. The average Bonchev–Trinajstić information content (AvgIpc) is 2.39. The molecule has 0 spiro atoms. The van der Waals surface area contributed by atoms with Gasteiger partial charge in [-0.25, -0.2) is 4.79 Å². The first-order valence-corrected chi connectivity index (χ1v) is 8.49. The van der Waals surface area contributed by atoms with Gasteiger partial charge in [-0.3, -0.25) is 0 Å². The summed E-state index contributed by atoms with van der Waals surface area (Å²) in [6, 6.07) is 3.69. The van der Waals surface area contributed by atoms with E-state index in [-0.39, 0.29) is 12.1 Å². The number of fused-ring (bicyclic) bond motifs is 1. The molecule has 1 N–H and O–H groups in total. The minimum absolute atomic E-state index is 0.243. The molecule has 0 aromatic heterocycles. The van der Waals surface area contributed by atoms with Crippen molar-refractivity contribution < 1.29 is 14.3 Å². The van der Waals surface area contributed by atoms with Gasteiger partial charge in [0.1, 0.15) is 11.7 Å². The molecule has 1 aromatic rings. The van der Waals surface area contributed by atoms with E-state index in [1.165, 1.54) is 0 Å². The van der Waals surface area contributed by atoms with E-state index in [9.17, 15) is 4.79 Å². The lowest BCUT2D eigenvalue weighted by atomic mass is 9.91. The molecule has 22 heavy (non-hydrogen) atoms. The summed E-state index contributed by atoms with van der Waals surface area (Å²) in [5.74, 6) is 0. The van der Waals surface area contributed by atoms with Crippen LogP contribution < -0.4 is 5.32 Å². The number of carbonyl (C=O) groups is 1. The molecule has 120 valence electrons. The molecule has 1 amide bonds. The number of rotatable bonds is 2. The summed E-state index contributed by atoms with van der Waals surface area (Å²) in [6.07, 6.45) is 3.23. The van der Waals surface area contributed by atoms with E-state index < -0.39 is 11.7 Å². The third-order valence-corrected chi connectivity index (χ3v) is 5.04. The zero-order valence-corrected chi connectivity index (χ0v) is 16.1. The molecule has 0 aliphatic heterocycles. The van der Waals surface area contributed by atoms with Crippen LogP contribution in [-0.2, 0) is 9.47 Å². The second-order valence-corrected chi connectivity index (χ2v) is 7.79. The fraction of sp³-hybridized carbons (Fsp3) is 0.438. The second-order valence-electron chi connectivity index (χ2n) is 6.08. The summed E-state index contributed by atoms with van der Waals surface area (Å²) < 4.78 is 12.7. The van der Waals surface area contributed by atoms with Crippen molar-refractivity contribution in [3.8, 4) is 0 Å². The fourth-order valence-corrected chi connectivity index (χ4v) is 3.01. The second kappa shape index (κ2) is 6.72. The van der Waals surface area contributed by atoms with Crippen LogP contribution in [0.5, 0.6) is 0 Å². The number of alkyl carbamates (subject to hydrolysis) is 1. The Bertz CT molecular complexity index is 608. The molecule has 0 unspecified atom stereocenters. The molecule has 1 aliphatic rings. The number of nitrogens with one attached hydrogen (secondary N) is 1. The van der Waals surface area contributed by atoms with Gasteiger partial charge in [-0.05, 0) is 75.9 Å². The number of hydrogen-bond acceptors (Lipinski definition) is 3. The summed E-state index contributed by atoms with van der Waals surface area (Å²) in [4.78, 5) is 12.1. The van der Waals surface area contributed by atoms with Crippen molar-refractivity contribution in [1.29, 1.82) is 0 Å². The molecule has 0 heterocycles. The number of amides is 1. The molecular weight excluding hydrogens is 414 g/mol. The Kier molecular flexibility index (Phi) is 5.35. The highest BCUT2D eigenvalue weighted by atomic mass is 79.9. The smallest absolute Gasteiger partial charge is 0.408 e. The Hall–Kier alpha value is -0.850. The topological polar surface area (TPSA) is 47.6 Å². The molecule has 0 bridgehead atoms. The maximum Gasteiger partial charge on any atom is 0.408 e. The number of ether oxygens (including phenoxy) is 2. The molecule has 0 radical (unpaired) electrons. The van der Waals surface area contributed by atoms with E-state index in [2.05, 4.69) is 37.2 Å². The normalized spacial score (nSPS) is 20.5. The van der Waals surface area contributed by atoms with Gasteiger partial charge in [-0.15, -0.1) is 0 Å². The quantitative estimate of drug-likeness (QED) is 0.728. The lowest BCUT2D eigenvalue weighted by molar-refractivity contribution is 0.0410. The number of methoxy groups -OCH3 is 1. The minimum atomic E-state index is -0.541. The van der Waals surface area contributed by atoms with Crippen LogP contribution in [0, 0.1) is 0 Å². The van der Waals surface area contributed by atoms with Crippen molar-refractivity contribution in [2.24, 2.45) is 0 Å². The van der Waals surface area contributed by atoms with Crippen molar-refractivity contribution in [2.75, 3.05) is 7.11 Å². The van der Waals surface area contributed by atoms with Gasteiger partial charge >= 0.3 is 6.09 Å². The monoisotopic (exact) mass is 431 g/mol. The Morgan fingerprint density at radius 1 is 1.23 bits per heavy atom. The van der Waals surface area contributed by atoms with Crippen LogP contribution in [0.25, 0.3) is 6.08 Å². The maximum atomic E-state index is 12.1. The van der Waals surface area contributed by atoms with Crippen molar-refractivity contribution in [3.63, 3.8) is 0 Å². The summed E-state index contributed by atoms with van der Waals surface area (Å²) in [5.41, 5.74) is 1.47. The Balaban J connectivity index is 2.31. The summed E-state index contributed by atoms with van der Waals surface area (Å²) >= 11 is 7.00. The molecule has 0 saturated heterocycles. The predicted molar refractivity (Wildman–Crippen MR) is 93.8 cm³/mol. The van der Waals surface area contributed by atoms with Gasteiger partial charge in [0.05, 0.1) is 6.04 Å². The van der Waals surface area contributed by atoms with E-state index in [4.69, 9.17) is 9.47 Å². The first-order chi connectivity index (χ1) is 10.2. The molecule has 0 fully saturated rings. The van der Waals surface area contributed by atoms with Crippen LogP contribution in [0.4, 0.5) is 4.79 Å². The van der Waals surface area contributed by atoms with Crippen LogP contribution in [0.3, 0.4) is 0 Å². The van der Waals surface area contributed by atoms with E-state index in [1.807, 2.05) is 45.1 Å². The van der Waals surface area contributed by atoms with Gasteiger partial charge < -0.3 is 14.8 Å². The minimum Gasteiger partial charge on any atom is -0.444 e. The molecular formula is C16H19Br2NO3. The first kappa shape index (κ1) is 17.5. The molecule has 1 aliphatic carbocycles. The molecule has 2 rings (SSSR count). The van der Waals surface area contributed by atoms with Crippen LogP contribution in [-0.4, -0.2) is 24.9 Å². The van der Waals surface area contributed by atoms with Gasteiger partial charge in [0.25, 0.3) is 0 Å². The first-order valence-electron chi connectivity index (χ1n) is 6.91. The largest absolute Gasteiger partial charge is 0.444 e. The van der Waals surface area contributed by atoms with E-state index >= 15 is 0 Å². The van der Waals surface area contributed by atoms with Crippen molar-refractivity contribution in [2.45, 2.75) is 38.5 Å². The Labute approximate surface area is 147 Å². The highest BCUT2D eigenvalue weighted by molar-refractivity contribution is 9.13. The lowest BCUT2D eigenvalue weighted by Gasteiger charge is -2.31. The van der Waals surface area contributed by atoms with Crippen LogP contribution >= 0.6 is 31.9 Å². The van der Waals surface area contributed by atoms with Crippen molar-refractivity contribution >= 4 is 44.0 Å². The molecule has 2 atom stereocenters. The van der Waals surface area contributed by atoms with Gasteiger partial charge in [-0.2, -0.15) is 0 Å². The molecule has 6 heteroatoms. The maximum absolute atomic E-state index is 12.1. The summed E-state index contributed by atoms with van der Waals surface area (Å²) in [7, 11) is 1.62. The van der Waals surface area contributed by atoms with Crippen molar-refractivity contribution in [1.82, 2.24) is 5.32 Å². The van der Waals surface area contributed by atoms with E-state index in [0.29, 0.717) is 0 Å². The van der Waals surface area contributed by atoms with Crippen molar-refractivity contribution in [3.05, 3.63) is 38.3 Å². The van der Waals surface area contributed by atoms with E-state index in [0.717, 1.165) is 20.1 Å². The fourth-order valence-electron chi connectivity index (χ4n) is 2.29. The van der Waals surface area contributed by atoms with Gasteiger partial charge in [0.2, 0.25) is 0 Å². The number of benzene rings is 1. The SMILES string of the molecule is CO[C@H]1C=Cc2cc(Br)c(Br)cc2[C@@H]1NC(=O)OC(C)(C)C. The highest BCUT2D eigenvalue weighted by Gasteiger charge is 2.30. The lowest BCUT2D eigenvalue weighted by Crippen LogP contribution is -2.40. The van der Waals surface area contributed by atoms with E-state index in [1.54, 1.807) is 7.11 Å². The molecule has 0 saturated carbocycles. The van der Waals surface area contributed by atoms with Gasteiger partial charge in [0.15, 0.2) is 0 Å². The standard InChI is InChI=1S/C16H19Br2NO3/c1-16(2,3)22-15(20)19-14-10-8-12(18)11(17)7-9(10)5-6-13(14)21-4/h5-8,13-14H,1-4H3,(H,19,20)/t13-,14-/m0/s1. The summed E-state index contributed by atoms with van der Waals surface area (Å²) in [5, 5.41) is 2.91. The summed E-state index contributed by atoms with van der Waals surface area (Å²) in [6.45, 7) is 5.51. The van der Waals surface area contributed by atoms with Crippen LogP contribution in [0.2, 0.25) is 0 Å². The Morgan fingerprint density at radius 3 is 2.45 bits per heavy atom. The highest BCUT2D eigenvalue weighted by Crippen LogP contribution is 2.35. The third kappa shape index (κ3) is 4.12. The molecule has 4 nitrogen and oxygen atoms in total. The number of hydrogen-bond donors (Lipinski definition) is 1. The molecule has 1 aromatic carbocycles. The van der Waals surface area contributed by atoms with Gasteiger partial charge in [-0.1, -0.05) is 12.2 Å². The zero-order chi connectivity index (χ0) is 16.5. The van der Waals surface area contributed by atoms with Gasteiger partial charge in [0, 0.05) is 16.1 Å².